The molecule has 2 aliphatic rings. The number of nitrogens with zero attached hydrogens (tertiary/aromatic N) is 1. The molecule has 0 aromatic heterocycles. The van der Waals surface area contributed by atoms with Crippen LogP contribution >= 0.6 is 12.4 Å². The molecule has 1 fully saturated rings. The van der Waals surface area contributed by atoms with Crippen LogP contribution in [0.15, 0.2) is 5.16 Å². The minimum atomic E-state index is 0. The van der Waals surface area contributed by atoms with E-state index in [-0.39, 0.29) is 18.0 Å². The van der Waals surface area contributed by atoms with Gasteiger partial charge in [-0.1, -0.05) is 5.16 Å². The van der Waals surface area contributed by atoms with Crippen LogP contribution in [0.2, 0.25) is 0 Å². The summed E-state index contributed by atoms with van der Waals surface area (Å²) >= 11 is 0. The topological polar surface area (TPSA) is 21.6 Å². The first kappa shape index (κ1) is 7.86. The summed E-state index contributed by atoms with van der Waals surface area (Å²) in [7, 11) is 0. The van der Waals surface area contributed by atoms with Crippen molar-refractivity contribution in [2.24, 2.45) is 11.1 Å². The third-order valence-corrected chi connectivity index (χ3v) is 2.47. The quantitative estimate of drug-likeness (QED) is 0.533. The molecular formula is C7H12ClNO. The normalized spacial score (nSPS) is 42.3. The number of hydrogen-bond acceptors (Lipinski definition) is 2. The molecule has 0 aromatic rings. The molecule has 0 bridgehead atoms. The fourth-order valence-electron chi connectivity index (χ4n) is 1.73. The first-order chi connectivity index (χ1) is 4.31. The Labute approximate surface area is 67.0 Å². The van der Waals surface area contributed by atoms with E-state index in [4.69, 9.17) is 4.84 Å². The van der Waals surface area contributed by atoms with Gasteiger partial charge in [0.25, 0.3) is 0 Å². The average molecular weight is 162 g/mol. The lowest BCUT2D eigenvalue weighted by atomic mass is 9.95. The Kier molecular flexibility index (Phi) is 1.90. The second-order valence-corrected chi connectivity index (χ2v) is 3.16. The first-order valence-electron chi connectivity index (χ1n) is 3.53. The molecule has 2 rings (SSSR count). The summed E-state index contributed by atoms with van der Waals surface area (Å²) < 4.78 is 0. The molecule has 58 valence electrons. The van der Waals surface area contributed by atoms with Gasteiger partial charge in [-0.2, -0.15) is 0 Å². The van der Waals surface area contributed by atoms with Crippen molar-refractivity contribution in [2.45, 2.75) is 31.8 Å². The third kappa shape index (κ3) is 0.908. The molecule has 1 aliphatic heterocycles. The molecule has 3 heteroatoms. The van der Waals surface area contributed by atoms with E-state index in [0.29, 0.717) is 5.92 Å². The second-order valence-electron chi connectivity index (χ2n) is 3.16. The Morgan fingerprint density at radius 2 is 2.50 bits per heavy atom. The van der Waals surface area contributed by atoms with Crippen molar-refractivity contribution >= 4 is 18.6 Å². The number of rotatable bonds is 0. The van der Waals surface area contributed by atoms with Crippen LogP contribution in [0, 0.1) is 5.92 Å². The van der Waals surface area contributed by atoms with Gasteiger partial charge in [-0.3, -0.25) is 0 Å². The zero-order chi connectivity index (χ0) is 6.32. The van der Waals surface area contributed by atoms with Crippen LogP contribution in [-0.2, 0) is 4.84 Å². The lowest BCUT2D eigenvalue weighted by Crippen LogP contribution is -2.26. The SMILES string of the molecule is CC12CCCC1C=NO2.Cl. The molecule has 1 aliphatic carbocycles. The molecule has 0 spiro atoms. The standard InChI is InChI=1S/C7H11NO.ClH/c1-7-4-2-3-6(7)5-8-9-7;/h5-6H,2-4H2,1H3;1H. The molecule has 10 heavy (non-hydrogen) atoms. The van der Waals surface area contributed by atoms with Gasteiger partial charge in [0.1, 0.15) is 5.60 Å². The molecule has 2 nitrogen and oxygen atoms in total. The van der Waals surface area contributed by atoms with Crippen LogP contribution in [0.25, 0.3) is 0 Å². The Morgan fingerprint density at radius 1 is 1.70 bits per heavy atom. The van der Waals surface area contributed by atoms with Crippen molar-refractivity contribution < 1.29 is 4.84 Å². The number of halogens is 1. The van der Waals surface area contributed by atoms with Gasteiger partial charge in [-0.05, 0) is 26.2 Å². The molecule has 1 saturated carbocycles. The van der Waals surface area contributed by atoms with Crippen molar-refractivity contribution in [1.82, 2.24) is 0 Å². The predicted molar refractivity (Wildman–Crippen MR) is 42.6 cm³/mol. The van der Waals surface area contributed by atoms with E-state index in [1.165, 1.54) is 19.3 Å². The maximum Gasteiger partial charge on any atom is 0.142 e. The molecule has 0 amide bonds. The van der Waals surface area contributed by atoms with E-state index in [1.807, 2.05) is 6.21 Å². The lowest BCUT2D eigenvalue weighted by Gasteiger charge is -2.19. The smallest absolute Gasteiger partial charge is 0.142 e. The summed E-state index contributed by atoms with van der Waals surface area (Å²) in [5, 5.41) is 3.81. The molecular weight excluding hydrogens is 150 g/mol. The Bertz CT molecular complexity index is 160. The minimum Gasteiger partial charge on any atom is -0.389 e. The molecule has 0 N–H and O–H groups in total. The van der Waals surface area contributed by atoms with Gasteiger partial charge in [-0.15, -0.1) is 12.4 Å². The summed E-state index contributed by atoms with van der Waals surface area (Å²) in [5.74, 6) is 0.609. The summed E-state index contributed by atoms with van der Waals surface area (Å²) in [6.07, 6.45) is 5.69. The van der Waals surface area contributed by atoms with Crippen LogP contribution in [0.4, 0.5) is 0 Å². The highest BCUT2D eigenvalue weighted by Crippen LogP contribution is 2.40. The average Bonchev–Trinajstić information content (AvgIpc) is 2.22. The third-order valence-electron chi connectivity index (χ3n) is 2.47. The second kappa shape index (κ2) is 2.42. The van der Waals surface area contributed by atoms with Crippen molar-refractivity contribution in [3.63, 3.8) is 0 Å². The fourth-order valence-corrected chi connectivity index (χ4v) is 1.73. The zero-order valence-corrected chi connectivity index (χ0v) is 6.86. The molecule has 0 radical (unpaired) electrons. The highest BCUT2D eigenvalue weighted by Gasteiger charge is 2.43. The van der Waals surface area contributed by atoms with E-state index in [2.05, 4.69) is 12.1 Å². The van der Waals surface area contributed by atoms with E-state index in [9.17, 15) is 0 Å². The van der Waals surface area contributed by atoms with E-state index in [0.717, 1.165) is 0 Å². The summed E-state index contributed by atoms with van der Waals surface area (Å²) in [4.78, 5) is 5.23. The number of hydrogen-bond donors (Lipinski definition) is 0. The molecule has 2 atom stereocenters. The lowest BCUT2D eigenvalue weighted by molar-refractivity contribution is -0.0163. The van der Waals surface area contributed by atoms with Gasteiger partial charge in [0.2, 0.25) is 0 Å². The van der Waals surface area contributed by atoms with Gasteiger partial charge in [-0.25, -0.2) is 0 Å². The van der Waals surface area contributed by atoms with Crippen LogP contribution in [-0.4, -0.2) is 11.8 Å². The highest BCUT2D eigenvalue weighted by molar-refractivity contribution is 5.85. The summed E-state index contributed by atoms with van der Waals surface area (Å²) in [6, 6.07) is 0. The molecule has 1 heterocycles. The van der Waals surface area contributed by atoms with Crippen LogP contribution in [0.1, 0.15) is 26.2 Å². The zero-order valence-electron chi connectivity index (χ0n) is 6.04. The molecule has 2 unspecified atom stereocenters. The maximum absolute atomic E-state index is 5.23. The predicted octanol–water partition coefficient (Wildman–Crippen LogP) is 1.98. The van der Waals surface area contributed by atoms with Crippen molar-refractivity contribution in [1.29, 1.82) is 0 Å². The molecule has 0 aromatic carbocycles. The number of oxime groups is 1. The molecule has 0 saturated heterocycles. The Balaban J connectivity index is 0.000000500. The monoisotopic (exact) mass is 161 g/mol. The summed E-state index contributed by atoms with van der Waals surface area (Å²) in [5.41, 5.74) is 0.0833. The van der Waals surface area contributed by atoms with Crippen molar-refractivity contribution in [2.75, 3.05) is 0 Å². The van der Waals surface area contributed by atoms with Gasteiger partial charge in [0.15, 0.2) is 0 Å². The van der Waals surface area contributed by atoms with Gasteiger partial charge >= 0.3 is 0 Å². The van der Waals surface area contributed by atoms with E-state index < -0.39 is 0 Å². The Hall–Kier alpha value is -0.240. The van der Waals surface area contributed by atoms with Gasteiger partial charge < -0.3 is 4.84 Å². The maximum atomic E-state index is 5.23. The number of fused-ring (bicyclic) bond motifs is 1. The minimum absolute atomic E-state index is 0. The highest BCUT2D eigenvalue weighted by atomic mass is 35.5. The van der Waals surface area contributed by atoms with E-state index >= 15 is 0 Å². The van der Waals surface area contributed by atoms with Crippen LogP contribution < -0.4 is 0 Å². The largest absolute Gasteiger partial charge is 0.389 e. The van der Waals surface area contributed by atoms with E-state index in [1.54, 1.807) is 0 Å². The van der Waals surface area contributed by atoms with Crippen molar-refractivity contribution in [3.8, 4) is 0 Å². The fraction of sp³-hybridized carbons (Fsp3) is 0.857. The first-order valence-corrected chi connectivity index (χ1v) is 3.53. The van der Waals surface area contributed by atoms with Gasteiger partial charge in [0.05, 0.1) is 6.21 Å². The summed E-state index contributed by atoms with van der Waals surface area (Å²) in [6.45, 7) is 2.15. The van der Waals surface area contributed by atoms with Gasteiger partial charge in [0, 0.05) is 5.92 Å². The van der Waals surface area contributed by atoms with Crippen molar-refractivity contribution in [3.05, 3.63) is 0 Å². The van der Waals surface area contributed by atoms with Crippen LogP contribution in [0.5, 0.6) is 0 Å². The van der Waals surface area contributed by atoms with Crippen LogP contribution in [0.3, 0.4) is 0 Å². The Morgan fingerprint density at radius 3 is 3.20 bits per heavy atom.